The molecule has 1 atom stereocenters. The number of sulfonamides is 1. The first-order chi connectivity index (χ1) is 10.9. The van der Waals surface area contributed by atoms with Crippen molar-refractivity contribution < 1.29 is 23.1 Å². The van der Waals surface area contributed by atoms with E-state index in [-0.39, 0.29) is 17.3 Å². The van der Waals surface area contributed by atoms with Gasteiger partial charge < -0.3 is 10.4 Å². The minimum Gasteiger partial charge on any atom is -0.480 e. The fourth-order valence-corrected chi connectivity index (χ4v) is 4.80. The quantitative estimate of drug-likeness (QED) is 0.862. The molecule has 2 heterocycles. The molecule has 7 nitrogen and oxygen atoms in total. The van der Waals surface area contributed by atoms with Gasteiger partial charge in [-0.25, -0.2) is 8.42 Å². The summed E-state index contributed by atoms with van der Waals surface area (Å²) >= 11 is 0. The number of hydrogen-bond donors (Lipinski definition) is 2. The molecule has 1 aromatic carbocycles. The lowest BCUT2D eigenvalue weighted by atomic mass is 10.0. The van der Waals surface area contributed by atoms with Crippen molar-refractivity contribution in [1.29, 1.82) is 0 Å². The molecule has 2 aliphatic heterocycles. The topological polar surface area (TPSA) is 104 Å². The fraction of sp³-hybridized carbons (Fsp3) is 0.467. The van der Waals surface area contributed by atoms with Gasteiger partial charge in [-0.15, -0.1) is 0 Å². The molecule has 0 saturated carbocycles. The molecule has 0 spiro atoms. The van der Waals surface area contributed by atoms with Crippen LogP contribution in [-0.4, -0.2) is 42.3 Å². The molecule has 2 aliphatic rings. The maximum absolute atomic E-state index is 12.8. The average molecular weight is 338 g/mol. The molecule has 124 valence electrons. The lowest BCUT2D eigenvalue weighted by Crippen LogP contribution is -2.47. The van der Waals surface area contributed by atoms with Crippen molar-refractivity contribution in [3.63, 3.8) is 0 Å². The number of carbonyl (C=O) groups is 2. The number of fused-ring (bicyclic) bond motifs is 1. The van der Waals surface area contributed by atoms with E-state index in [1.807, 2.05) is 0 Å². The van der Waals surface area contributed by atoms with Crippen LogP contribution < -0.4 is 5.32 Å². The molecule has 0 aromatic heterocycles. The first-order valence-electron chi connectivity index (χ1n) is 7.57. The average Bonchev–Trinajstić information content (AvgIpc) is 2.54. The smallest absolute Gasteiger partial charge is 0.322 e. The summed E-state index contributed by atoms with van der Waals surface area (Å²) < 4.78 is 26.7. The molecule has 23 heavy (non-hydrogen) atoms. The number of aryl methyl sites for hydroxylation is 1. The molecule has 1 aromatic rings. The number of hydrogen-bond acceptors (Lipinski definition) is 4. The van der Waals surface area contributed by atoms with Gasteiger partial charge in [-0.3, -0.25) is 9.59 Å². The predicted octanol–water partition coefficient (Wildman–Crippen LogP) is 1.20. The van der Waals surface area contributed by atoms with Crippen molar-refractivity contribution in [3.8, 4) is 0 Å². The van der Waals surface area contributed by atoms with Crippen LogP contribution in [0.15, 0.2) is 23.1 Å². The van der Waals surface area contributed by atoms with Gasteiger partial charge >= 0.3 is 5.97 Å². The first kappa shape index (κ1) is 15.9. The Bertz CT molecular complexity index is 759. The number of anilines is 1. The summed E-state index contributed by atoms with van der Waals surface area (Å²) in [4.78, 5) is 22.8. The Morgan fingerprint density at radius 2 is 2.04 bits per heavy atom. The van der Waals surface area contributed by atoms with Crippen molar-refractivity contribution >= 4 is 27.6 Å². The Kier molecular flexibility index (Phi) is 4.11. The SMILES string of the molecule is O=C1CCc2cc(S(=O)(=O)N3CCCCC3C(=O)O)ccc2N1. The highest BCUT2D eigenvalue weighted by atomic mass is 32.2. The highest BCUT2D eigenvalue weighted by Crippen LogP contribution is 2.30. The van der Waals surface area contributed by atoms with Gasteiger partial charge in [-0.1, -0.05) is 0 Å². The number of carboxylic acids is 1. The molecule has 1 saturated heterocycles. The molecule has 1 fully saturated rings. The molecule has 0 bridgehead atoms. The van der Waals surface area contributed by atoms with E-state index >= 15 is 0 Å². The van der Waals surface area contributed by atoms with Crippen LogP contribution in [0.5, 0.6) is 0 Å². The Morgan fingerprint density at radius 1 is 1.26 bits per heavy atom. The van der Waals surface area contributed by atoms with Crippen molar-refractivity contribution in [3.05, 3.63) is 23.8 Å². The van der Waals surface area contributed by atoms with E-state index in [9.17, 15) is 23.1 Å². The standard InChI is InChI=1S/C15H18N2O5S/c18-14-7-4-10-9-11(5-6-12(10)16-14)23(21,22)17-8-2-1-3-13(17)15(19)20/h5-6,9,13H,1-4,7-8H2,(H,16,18)(H,19,20). The van der Waals surface area contributed by atoms with Crippen LogP contribution >= 0.6 is 0 Å². The van der Waals surface area contributed by atoms with Gasteiger partial charge in [0.15, 0.2) is 0 Å². The van der Waals surface area contributed by atoms with E-state index < -0.39 is 22.0 Å². The number of amides is 1. The van der Waals surface area contributed by atoms with Gasteiger partial charge in [-0.05, 0) is 49.4 Å². The second-order valence-electron chi connectivity index (χ2n) is 5.83. The molecule has 0 radical (unpaired) electrons. The van der Waals surface area contributed by atoms with E-state index in [0.717, 1.165) is 9.87 Å². The van der Waals surface area contributed by atoms with E-state index in [1.165, 1.54) is 12.1 Å². The van der Waals surface area contributed by atoms with Crippen LogP contribution in [0.4, 0.5) is 5.69 Å². The summed E-state index contributed by atoms with van der Waals surface area (Å²) in [6.45, 7) is 0.215. The van der Waals surface area contributed by atoms with Gasteiger partial charge in [0, 0.05) is 18.7 Å². The third-order valence-electron chi connectivity index (χ3n) is 4.32. The lowest BCUT2D eigenvalue weighted by molar-refractivity contribution is -0.142. The first-order valence-corrected chi connectivity index (χ1v) is 9.01. The number of aliphatic carboxylic acids is 1. The highest BCUT2D eigenvalue weighted by molar-refractivity contribution is 7.89. The van der Waals surface area contributed by atoms with E-state index in [4.69, 9.17) is 0 Å². The van der Waals surface area contributed by atoms with E-state index in [1.54, 1.807) is 6.07 Å². The number of carbonyl (C=O) groups excluding carboxylic acids is 1. The second kappa shape index (κ2) is 5.93. The zero-order valence-electron chi connectivity index (χ0n) is 12.5. The number of rotatable bonds is 3. The number of piperidine rings is 1. The van der Waals surface area contributed by atoms with Gasteiger partial charge in [0.1, 0.15) is 6.04 Å². The van der Waals surface area contributed by atoms with E-state index in [0.29, 0.717) is 37.8 Å². The van der Waals surface area contributed by atoms with Crippen LogP contribution in [0, 0.1) is 0 Å². The molecule has 3 rings (SSSR count). The Labute approximate surface area is 134 Å². The van der Waals surface area contributed by atoms with Gasteiger partial charge in [0.25, 0.3) is 0 Å². The van der Waals surface area contributed by atoms with Crippen LogP contribution in [0.3, 0.4) is 0 Å². The van der Waals surface area contributed by atoms with Gasteiger partial charge in [-0.2, -0.15) is 4.31 Å². The largest absolute Gasteiger partial charge is 0.480 e. The third-order valence-corrected chi connectivity index (χ3v) is 6.22. The van der Waals surface area contributed by atoms with Crippen molar-refractivity contribution in [2.24, 2.45) is 0 Å². The van der Waals surface area contributed by atoms with Gasteiger partial charge in [0.05, 0.1) is 4.90 Å². The van der Waals surface area contributed by atoms with Crippen molar-refractivity contribution in [2.75, 3.05) is 11.9 Å². The predicted molar refractivity (Wildman–Crippen MR) is 82.6 cm³/mol. The molecular weight excluding hydrogens is 320 g/mol. The molecule has 1 amide bonds. The number of nitrogens with one attached hydrogen (secondary N) is 1. The molecule has 2 N–H and O–H groups in total. The molecule has 8 heteroatoms. The number of benzene rings is 1. The summed E-state index contributed by atoms with van der Waals surface area (Å²) in [6.07, 6.45) is 2.49. The second-order valence-corrected chi connectivity index (χ2v) is 7.72. The minimum absolute atomic E-state index is 0.0838. The van der Waals surface area contributed by atoms with Crippen LogP contribution in [-0.2, 0) is 26.0 Å². The summed E-state index contributed by atoms with van der Waals surface area (Å²) in [6, 6.07) is 3.52. The zero-order valence-corrected chi connectivity index (χ0v) is 13.3. The number of nitrogens with zero attached hydrogens (tertiary/aromatic N) is 1. The fourth-order valence-electron chi connectivity index (χ4n) is 3.10. The Hall–Kier alpha value is -1.93. The molecule has 1 unspecified atom stereocenters. The van der Waals surface area contributed by atoms with E-state index in [2.05, 4.69) is 5.32 Å². The molecular formula is C15H18N2O5S. The normalized spacial score (nSPS) is 22.3. The summed E-state index contributed by atoms with van der Waals surface area (Å²) in [5.41, 5.74) is 1.38. The number of carboxylic acid groups (broad SMARTS) is 1. The Balaban J connectivity index is 1.96. The molecule has 0 aliphatic carbocycles. The summed E-state index contributed by atoms with van der Waals surface area (Å²) in [7, 11) is -3.86. The Morgan fingerprint density at radius 3 is 2.78 bits per heavy atom. The highest BCUT2D eigenvalue weighted by Gasteiger charge is 2.37. The zero-order chi connectivity index (χ0) is 16.6. The van der Waals surface area contributed by atoms with Gasteiger partial charge in [0.2, 0.25) is 15.9 Å². The van der Waals surface area contributed by atoms with Crippen LogP contribution in [0.1, 0.15) is 31.2 Å². The maximum Gasteiger partial charge on any atom is 0.322 e. The van der Waals surface area contributed by atoms with Crippen molar-refractivity contribution in [1.82, 2.24) is 4.31 Å². The lowest BCUT2D eigenvalue weighted by Gasteiger charge is -2.32. The van der Waals surface area contributed by atoms with Crippen molar-refractivity contribution in [2.45, 2.75) is 43.0 Å². The summed E-state index contributed by atoms with van der Waals surface area (Å²) in [5, 5.41) is 12.0. The van der Waals surface area contributed by atoms with Crippen LogP contribution in [0.25, 0.3) is 0 Å². The minimum atomic E-state index is -3.86. The third kappa shape index (κ3) is 2.96. The van der Waals surface area contributed by atoms with Crippen LogP contribution in [0.2, 0.25) is 0 Å². The summed E-state index contributed by atoms with van der Waals surface area (Å²) in [5.74, 6) is -1.20. The maximum atomic E-state index is 12.8. The monoisotopic (exact) mass is 338 g/mol.